The normalized spacial score (nSPS) is 24.5. The molecule has 0 aromatic heterocycles. The minimum atomic E-state index is -3.66. The van der Waals surface area contributed by atoms with Crippen LogP contribution in [0.15, 0.2) is 67.3 Å². The van der Waals surface area contributed by atoms with E-state index in [0.717, 1.165) is 56.1 Å². The molecule has 4 heteroatoms. The molecule has 0 saturated heterocycles. The highest BCUT2D eigenvalue weighted by atomic mass is 19.3. The topological polar surface area (TPSA) is 9.23 Å². The first-order valence-electron chi connectivity index (χ1n) is 14.5. The fraction of sp³-hybridized carbons (Fsp3) is 0.529. The molecule has 0 heterocycles. The summed E-state index contributed by atoms with van der Waals surface area (Å²) in [6, 6.07) is 12.4. The molecule has 0 unspecified atom stereocenters. The van der Waals surface area contributed by atoms with E-state index in [1.807, 2.05) is 19.1 Å². The van der Waals surface area contributed by atoms with Gasteiger partial charge in [-0.25, -0.2) is 4.39 Å². The summed E-state index contributed by atoms with van der Waals surface area (Å²) in [5.41, 5.74) is 2.41. The van der Waals surface area contributed by atoms with E-state index >= 15 is 0 Å². The van der Waals surface area contributed by atoms with E-state index in [0.29, 0.717) is 24.2 Å². The van der Waals surface area contributed by atoms with Crippen molar-refractivity contribution in [2.45, 2.75) is 95.5 Å². The highest BCUT2D eigenvalue weighted by Crippen LogP contribution is 2.40. The second-order valence-electron chi connectivity index (χ2n) is 11.3. The van der Waals surface area contributed by atoms with Crippen LogP contribution in [0.5, 0.6) is 0 Å². The number of allylic oxidation sites excluding steroid dienone is 3. The first kappa shape index (κ1) is 28.7. The van der Waals surface area contributed by atoms with E-state index in [2.05, 4.69) is 36.9 Å². The molecule has 2 aliphatic carbocycles. The second kappa shape index (κ2) is 13.6. The third-order valence-electron chi connectivity index (χ3n) is 8.83. The predicted molar refractivity (Wildman–Crippen MR) is 150 cm³/mol. The van der Waals surface area contributed by atoms with Crippen molar-refractivity contribution in [2.75, 3.05) is 6.61 Å². The quantitative estimate of drug-likeness (QED) is 0.266. The van der Waals surface area contributed by atoms with Gasteiger partial charge in [-0.05, 0) is 130 Å². The standard InChI is InChI=1S/C34H43F3O/c1-3-5-6-7-26-10-18-30(19-11-26)31-20-21-32(33(35)24-31)34(36,37)38-23-22-27-12-16-29(17-13-27)28-14-8-25(4-2)9-15-28/h3-5,12-13,16-17,20-21,24-26,28,30H,2,6-11,14-15,18-19,22-23H2,1H3. The summed E-state index contributed by atoms with van der Waals surface area (Å²) < 4.78 is 49.3. The number of benzene rings is 2. The van der Waals surface area contributed by atoms with E-state index in [4.69, 9.17) is 4.74 Å². The largest absolute Gasteiger partial charge is 0.386 e. The predicted octanol–water partition coefficient (Wildman–Crippen LogP) is 10.2. The summed E-state index contributed by atoms with van der Waals surface area (Å²) in [5.74, 6) is 1.26. The van der Waals surface area contributed by atoms with Gasteiger partial charge in [-0.3, -0.25) is 0 Å². The molecule has 0 spiro atoms. The van der Waals surface area contributed by atoms with Crippen molar-refractivity contribution in [3.8, 4) is 0 Å². The van der Waals surface area contributed by atoms with Crippen molar-refractivity contribution >= 4 is 0 Å². The zero-order valence-electron chi connectivity index (χ0n) is 22.8. The Morgan fingerprint density at radius 3 is 2.16 bits per heavy atom. The number of hydrogen-bond donors (Lipinski definition) is 0. The lowest BCUT2D eigenvalue weighted by Gasteiger charge is -2.29. The van der Waals surface area contributed by atoms with Crippen LogP contribution in [-0.4, -0.2) is 6.61 Å². The number of ether oxygens (including phenoxy) is 1. The van der Waals surface area contributed by atoms with E-state index in [1.54, 1.807) is 6.07 Å². The molecule has 0 radical (unpaired) electrons. The van der Waals surface area contributed by atoms with Crippen LogP contribution in [0.25, 0.3) is 0 Å². The Morgan fingerprint density at radius 2 is 1.53 bits per heavy atom. The van der Waals surface area contributed by atoms with E-state index in [1.165, 1.54) is 37.0 Å². The lowest BCUT2D eigenvalue weighted by Crippen LogP contribution is -2.22. The highest BCUT2D eigenvalue weighted by molar-refractivity contribution is 5.30. The van der Waals surface area contributed by atoms with Gasteiger partial charge >= 0.3 is 6.11 Å². The molecule has 2 fully saturated rings. The lowest BCUT2D eigenvalue weighted by molar-refractivity contribution is -0.249. The van der Waals surface area contributed by atoms with Gasteiger partial charge in [0.2, 0.25) is 0 Å². The first-order valence-corrected chi connectivity index (χ1v) is 14.5. The average molecular weight is 525 g/mol. The van der Waals surface area contributed by atoms with Gasteiger partial charge in [0, 0.05) is 0 Å². The van der Waals surface area contributed by atoms with Gasteiger partial charge in [0.1, 0.15) is 5.82 Å². The van der Waals surface area contributed by atoms with Crippen molar-refractivity contribution in [1.29, 1.82) is 0 Å². The fourth-order valence-corrected chi connectivity index (χ4v) is 6.32. The number of rotatable bonds is 11. The zero-order chi connectivity index (χ0) is 27.0. The average Bonchev–Trinajstić information content (AvgIpc) is 2.94. The summed E-state index contributed by atoms with van der Waals surface area (Å²) in [6.07, 6.45) is 14.2. The summed E-state index contributed by atoms with van der Waals surface area (Å²) >= 11 is 0. The van der Waals surface area contributed by atoms with Crippen LogP contribution in [0.1, 0.15) is 105 Å². The molecular weight excluding hydrogens is 481 g/mol. The molecule has 2 saturated carbocycles. The van der Waals surface area contributed by atoms with Gasteiger partial charge in [-0.1, -0.05) is 48.6 Å². The first-order chi connectivity index (χ1) is 18.4. The third kappa shape index (κ3) is 7.62. The van der Waals surface area contributed by atoms with Crippen molar-refractivity contribution in [1.82, 2.24) is 0 Å². The molecule has 206 valence electrons. The van der Waals surface area contributed by atoms with Crippen molar-refractivity contribution in [3.05, 3.63) is 95.3 Å². The Kier molecular flexibility index (Phi) is 10.3. The Bertz CT molecular complexity index is 1040. The van der Waals surface area contributed by atoms with Gasteiger partial charge in [0.05, 0.1) is 12.2 Å². The van der Waals surface area contributed by atoms with Gasteiger partial charge in [0.25, 0.3) is 0 Å². The molecule has 4 rings (SSSR count). The lowest BCUT2D eigenvalue weighted by atomic mass is 9.77. The summed E-state index contributed by atoms with van der Waals surface area (Å²) in [5, 5.41) is 0. The van der Waals surface area contributed by atoms with Crippen molar-refractivity contribution in [2.24, 2.45) is 11.8 Å². The summed E-state index contributed by atoms with van der Waals surface area (Å²) in [4.78, 5) is 0. The molecule has 38 heavy (non-hydrogen) atoms. The summed E-state index contributed by atoms with van der Waals surface area (Å²) in [7, 11) is 0. The maximum absolute atomic E-state index is 14.8. The van der Waals surface area contributed by atoms with Crippen LogP contribution in [0.4, 0.5) is 13.2 Å². The van der Waals surface area contributed by atoms with Crippen LogP contribution in [-0.2, 0) is 17.3 Å². The highest BCUT2D eigenvalue weighted by Gasteiger charge is 2.36. The zero-order valence-corrected chi connectivity index (χ0v) is 22.8. The van der Waals surface area contributed by atoms with Crippen LogP contribution < -0.4 is 0 Å². The molecule has 2 aromatic rings. The molecule has 2 aromatic carbocycles. The van der Waals surface area contributed by atoms with Crippen molar-refractivity contribution in [3.63, 3.8) is 0 Å². The smallest absolute Gasteiger partial charge is 0.316 e. The molecule has 0 amide bonds. The minimum absolute atomic E-state index is 0.171. The van der Waals surface area contributed by atoms with Gasteiger partial charge < -0.3 is 4.74 Å². The molecule has 2 aliphatic rings. The maximum Gasteiger partial charge on any atom is 0.386 e. The van der Waals surface area contributed by atoms with Crippen LogP contribution >= 0.6 is 0 Å². The Morgan fingerprint density at radius 1 is 0.895 bits per heavy atom. The third-order valence-corrected chi connectivity index (χ3v) is 8.83. The SMILES string of the molecule is C=CC1CCC(c2ccc(CCOC(F)(F)c3ccc(C4CCC(CCC=CC)CC4)cc3F)cc2)CC1. The van der Waals surface area contributed by atoms with Crippen molar-refractivity contribution < 1.29 is 17.9 Å². The van der Waals surface area contributed by atoms with Crippen LogP contribution in [0.2, 0.25) is 0 Å². The van der Waals surface area contributed by atoms with Gasteiger partial charge in [-0.2, -0.15) is 8.78 Å². The number of alkyl halides is 2. The van der Waals surface area contributed by atoms with E-state index in [-0.39, 0.29) is 12.5 Å². The van der Waals surface area contributed by atoms with Gasteiger partial charge in [-0.15, -0.1) is 6.58 Å². The molecule has 0 atom stereocenters. The summed E-state index contributed by atoms with van der Waals surface area (Å²) in [6.45, 7) is 5.78. The fourth-order valence-electron chi connectivity index (χ4n) is 6.32. The molecular formula is C34H43F3O. The molecule has 0 aliphatic heterocycles. The van der Waals surface area contributed by atoms with Gasteiger partial charge in [0.15, 0.2) is 0 Å². The monoisotopic (exact) mass is 524 g/mol. The number of halogens is 3. The molecule has 1 nitrogen and oxygen atoms in total. The number of hydrogen-bond acceptors (Lipinski definition) is 1. The van der Waals surface area contributed by atoms with Crippen LogP contribution in [0, 0.1) is 17.7 Å². The minimum Gasteiger partial charge on any atom is -0.316 e. The Balaban J connectivity index is 1.26. The second-order valence-corrected chi connectivity index (χ2v) is 11.3. The molecule has 0 bridgehead atoms. The van der Waals surface area contributed by atoms with E-state index in [9.17, 15) is 13.2 Å². The molecule has 0 N–H and O–H groups in total. The van der Waals surface area contributed by atoms with Crippen LogP contribution in [0.3, 0.4) is 0 Å². The maximum atomic E-state index is 14.8. The Labute approximate surface area is 227 Å². The Hall–Kier alpha value is -2.33. The van der Waals surface area contributed by atoms with E-state index < -0.39 is 17.5 Å².